The van der Waals surface area contributed by atoms with Crippen LogP contribution in [0.3, 0.4) is 0 Å². The second-order valence-electron chi connectivity index (χ2n) is 5.82. The molecule has 1 saturated carbocycles. The summed E-state index contributed by atoms with van der Waals surface area (Å²) in [7, 11) is 2.14. The lowest BCUT2D eigenvalue weighted by Crippen LogP contribution is -2.38. The Kier molecular flexibility index (Phi) is 3.31. The number of aryl methyl sites for hydroxylation is 1. The van der Waals surface area contributed by atoms with E-state index in [4.69, 9.17) is 5.73 Å². The van der Waals surface area contributed by atoms with Crippen LogP contribution >= 0.6 is 0 Å². The van der Waals surface area contributed by atoms with Crippen LogP contribution in [0.15, 0.2) is 6.07 Å². The van der Waals surface area contributed by atoms with E-state index in [-0.39, 0.29) is 6.04 Å². The molecule has 2 fully saturated rings. The van der Waals surface area contributed by atoms with Crippen LogP contribution in [0.5, 0.6) is 0 Å². The Hall–Kier alpha value is -1.36. The van der Waals surface area contributed by atoms with Gasteiger partial charge in [0, 0.05) is 38.3 Å². The van der Waals surface area contributed by atoms with Gasteiger partial charge in [0.1, 0.15) is 17.5 Å². The van der Waals surface area contributed by atoms with Gasteiger partial charge in [-0.05, 0) is 32.6 Å². The smallest absolute Gasteiger partial charge is 0.134 e. The van der Waals surface area contributed by atoms with Gasteiger partial charge in [-0.1, -0.05) is 0 Å². The maximum absolute atomic E-state index is 5.98. The Morgan fingerprint density at radius 3 is 2.68 bits per heavy atom. The quantitative estimate of drug-likeness (QED) is 0.889. The van der Waals surface area contributed by atoms with Crippen molar-refractivity contribution < 1.29 is 0 Å². The molecule has 3 rings (SSSR count). The molecule has 2 N–H and O–H groups in total. The van der Waals surface area contributed by atoms with E-state index in [1.54, 1.807) is 0 Å². The van der Waals surface area contributed by atoms with Crippen LogP contribution in [0.4, 0.5) is 11.6 Å². The highest BCUT2D eigenvalue weighted by molar-refractivity contribution is 5.52. The van der Waals surface area contributed by atoms with Gasteiger partial charge in [-0.15, -0.1) is 0 Å². The van der Waals surface area contributed by atoms with E-state index in [1.807, 2.05) is 6.92 Å². The monoisotopic (exact) mass is 261 g/mol. The summed E-state index contributed by atoms with van der Waals surface area (Å²) in [5.41, 5.74) is 5.98. The Balaban J connectivity index is 1.83. The first kappa shape index (κ1) is 12.7. The summed E-state index contributed by atoms with van der Waals surface area (Å²) in [4.78, 5) is 13.7. The molecule has 5 nitrogen and oxygen atoms in total. The van der Waals surface area contributed by atoms with E-state index in [0.717, 1.165) is 37.0 Å². The minimum Gasteiger partial charge on any atom is -0.357 e. The van der Waals surface area contributed by atoms with Crippen LogP contribution in [0.2, 0.25) is 0 Å². The van der Waals surface area contributed by atoms with Crippen LogP contribution < -0.4 is 15.5 Å². The maximum Gasteiger partial charge on any atom is 0.134 e. The molecule has 1 saturated heterocycles. The van der Waals surface area contributed by atoms with Crippen LogP contribution in [-0.2, 0) is 0 Å². The lowest BCUT2D eigenvalue weighted by atomic mass is 9.92. The van der Waals surface area contributed by atoms with E-state index >= 15 is 0 Å². The predicted octanol–water partition coefficient (Wildman–Crippen LogP) is 1.31. The minimum absolute atomic E-state index is 0.281. The average molecular weight is 261 g/mol. The van der Waals surface area contributed by atoms with Crippen molar-refractivity contribution in [3.63, 3.8) is 0 Å². The van der Waals surface area contributed by atoms with Crippen molar-refractivity contribution in [1.82, 2.24) is 9.97 Å². The largest absolute Gasteiger partial charge is 0.357 e. The van der Waals surface area contributed by atoms with E-state index in [9.17, 15) is 0 Å². The van der Waals surface area contributed by atoms with Gasteiger partial charge in [0.2, 0.25) is 0 Å². The number of nitrogens with two attached hydrogens (primary N) is 1. The van der Waals surface area contributed by atoms with Gasteiger partial charge in [0.15, 0.2) is 0 Å². The molecule has 0 aromatic carbocycles. The third kappa shape index (κ3) is 2.52. The minimum atomic E-state index is 0.281. The second-order valence-corrected chi connectivity index (χ2v) is 5.82. The standard InChI is InChI=1S/C14H23N5/c1-10-16-13(18(2)12-4-3-5-12)8-14(17-10)19-7-6-11(15)9-19/h8,11-12H,3-7,9,15H2,1-2H3. The van der Waals surface area contributed by atoms with Gasteiger partial charge in [-0.2, -0.15) is 0 Å². The number of hydrogen-bond acceptors (Lipinski definition) is 5. The molecular formula is C14H23N5. The molecule has 1 atom stereocenters. The fraction of sp³-hybridized carbons (Fsp3) is 0.714. The topological polar surface area (TPSA) is 58.3 Å². The molecule has 0 bridgehead atoms. The van der Waals surface area contributed by atoms with Crippen LogP contribution in [-0.4, -0.2) is 42.2 Å². The third-order valence-corrected chi connectivity index (χ3v) is 4.34. The van der Waals surface area contributed by atoms with Gasteiger partial charge in [-0.3, -0.25) is 0 Å². The van der Waals surface area contributed by atoms with Crippen molar-refractivity contribution in [2.24, 2.45) is 5.73 Å². The summed E-state index contributed by atoms with van der Waals surface area (Å²) >= 11 is 0. The van der Waals surface area contributed by atoms with Gasteiger partial charge >= 0.3 is 0 Å². The van der Waals surface area contributed by atoms with Crippen molar-refractivity contribution in [2.45, 2.75) is 44.7 Å². The zero-order valence-electron chi connectivity index (χ0n) is 11.8. The van der Waals surface area contributed by atoms with Crippen molar-refractivity contribution in [1.29, 1.82) is 0 Å². The van der Waals surface area contributed by atoms with Crippen LogP contribution in [0.25, 0.3) is 0 Å². The molecule has 5 heteroatoms. The molecule has 1 aliphatic carbocycles. The summed E-state index contributed by atoms with van der Waals surface area (Å²) in [6.45, 7) is 3.88. The van der Waals surface area contributed by atoms with E-state index in [2.05, 4.69) is 32.9 Å². The van der Waals surface area contributed by atoms with E-state index in [0.29, 0.717) is 6.04 Å². The molecule has 1 aromatic rings. The first-order valence-corrected chi connectivity index (χ1v) is 7.22. The summed E-state index contributed by atoms with van der Waals surface area (Å²) in [6.07, 6.45) is 4.96. The summed E-state index contributed by atoms with van der Waals surface area (Å²) in [5.74, 6) is 2.92. The molecule has 1 aromatic heterocycles. The van der Waals surface area contributed by atoms with Gasteiger partial charge in [0.25, 0.3) is 0 Å². The molecule has 19 heavy (non-hydrogen) atoms. The third-order valence-electron chi connectivity index (χ3n) is 4.34. The molecular weight excluding hydrogens is 238 g/mol. The molecule has 1 aliphatic heterocycles. The first-order chi connectivity index (χ1) is 9.13. The van der Waals surface area contributed by atoms with E-state index in [1.165, 1.54) is 19.3 Å². The summed E-state index contributed by atoms with van der Waals surface area (Å²) in [6, 6.07) is 3.05. The van der Waals surface area contributed by atoms with Crippen LogP contribution in [0, 0.1) is 6.92 Å². The predicted molar refractivity (Wildman–Crippen MR) is 77.6 cm³/mol. The zero-order valence-corrected chi connectivity index (χ0v) is 11.8. The van der Waals surface area contributed by atoms with Crippen LogP contribution in [0.1, 0.15) is 31.5 Å². The van der Waals surface area contributed by atoms with Gasteiger partial charge in [0.05, 0.1) is 0 Å². The number of aromatic nitrogens is 2. The molecule has 0 amide bonds. The van der Waals surface area contributed by atoms with Gasteiger partial charge in [-0.25, -0.2) is 9.97 Å². The fourth-order valence-electron chi connectivity index (χ4n) is 2.84. The highest BCUT2D eigenvalue weighted by Crippen LogP contribution is 2.29. The molecule has 2 heterocycles. The summed E-state index contributed by atoms with van der Waals surface area (Å²) in [5, 5.41) is 0. The lowest BCUT2D eigenvalue weighted by molar-refractivity contribution is 0.399. The highest BCUT2D eigenvalue weighted by atomic mass is 15.3. The van der Waals surface area contributed by atoms with Crippen molar-refractivity contribution in [3.05, 3.63) is 11.9 Å². The zero-order chi connectivity index (χ0) is 13.4. The molecule has 1 unspecified atom stereocenters. The number of hydrogen-bond donors (Lipinski definition) is 1. The fourth-order valence-corrected chi connectivity index (χ4v) is 2.84. The number of rotatable bonds is 3. The Bertz CT molecular complexity index is 437. The SMILES string of the molecule is Cc1nc(N2CCC(N)C2)cc(N(C)C2CCC2)n1. The first-order valence-electron chi connectivity index (χ1n) is 7.22. The molecule has 0 radical (unpaired) electrons. The Labute approximate surface area is 114 Å². The van der Waals surface area contributed by atoms with Crippen molar-refractivity contribution in [3.8, 4) is 0 Å². The van der Waals surface area contributed by atoms with E-state index < -0.39 is 0 Å². The highest BCUT2D eigenvalue weighted by Gasteiger charge is 2.25. The Morgan fingerprint density at radius 2 is 2.11 bits per heavy atom. The normalized spacial score (nSPS) is 23.5. The maximum atomic E-state index is 5.98. The molecule has 2 aliphatic rings. The summed E-state index contributed by atoms with van der Waals surface area (Å²) < 4.78 is 0. The van der Waals surface area contributed by atoms with Gasteiger partial charge < -0.3 is 15.5 Å². The number of anilines is 2. The second kappa shape index (κ2) is 4.96. The molecule has 0 spiro atoms. The molecule has 104 valence electrons. The van der Waals surface area contributed by atoms with Crippen molar-refractivity contribution >= 4 is 11.6 Å². The average Bonchev–Trinajstić information content (AvgIpc) is 2.73. The lowest BCUT2D eigenvalue weighted by Gasteiger charge is -2.36. The van der Waals surface area contributed by atoms with Crippen molar-refractivity contribution in [2.75, 3.05) is 29.9 Å². The Morgan fingerprint density at radius 1 is 1.32 bits per heavy atom. The number of nitrogens with zero attached hydrogens (tertiary/aromatic N) is 4.